The van der Waals surface area contributed by atoms with Gasteiger partial charge < -0.3 is 19.9 Å². The molecule has 6 nitrogen and oxygen atoms in total. The molecule has 0 unspecified atom stereocenters. The van der Waals surface area contributed by atoms with Crippen LogP contribution in [-0.4, -0.2) is 41.5 Å². The topological polar surface area (TPSA) is 84.9 Å². The van der Waals surface area contributed by atoms with E-state index in [-0.39, 0.29) is 40.8 Å². The second-order valence-electron chi connectivity index (χ2n) is 13.9. The predicted molar refractivity (Wildman–Crippen MR) is 142 cm³/mol. The van der Waals surface area contributed by atoms with Crippen molar-refractivity contribution >= 4 is 11.9 Å². The standard InChI is InChI=1S/C31H49NO5/c1-18(17-32-20(3)33)9-14-31(35)19(2)28-27(37-31)16-26-24-8-7-22-15-23(36-21(4)34)10-12-29(22,5)25(24)11-13-30(26,28)6/h7,18-19,23-28,35H,8-17H2,1-6H3,(H,32,33)/t18-,19+,23+,24-,25-,26+,27-,28+,29+,30+,31+/m1/s1. The minimum atomic E-state index is -1.06. The summed E-state index contributed by atoms with van der Waals surface area (Å²) in [6, 6.07) is 0. The third kappa shape index (κ3) is 4.58. The van der Waals surface area contributed by atoms with Crippen LogP contribution in [0, 0.1) is 46.3 Å². The summed E-state index contributed by atoms with van der Waals surface area (Å²) >= 11 is 0. The molecule has 4 aliphatic carbocycles. The Balaban J connectivity index is 1.28. The molecule has 0 aromatic rings. The van der Waals surface area contributed by atoms with Crippen LogP contribution >= 0.6 is 0 Å². The normalized spacial score (nSPS) is 47.1. The van der Waals surface area contributed by atoms with Gasteiger partial charge in [0.15, 0.2) is 5.79 Å². The molecule has 5 aliphatic rings. The second-order valence-corrected chi connectivity index (χ2v) is 13.9. The fourth-order valence-electron chi connectivity index (χ4n) is 9.81. The van der Waals surface area contributed by atoms with Crippen molar-refractivity contribution in [3.05, 3.63) is 11.6 Å². The van der Waals surface area contributed by atoms with Crippen LogP contribution in [0.2, 0.25) is 0 Å². The van der Waals surface area contributed by atoms with E-state index in [0.29, 0.717) is 42.6 Å². The zero-order valence-corrected chi connectivity index (χ0v) is 23.8. The van der Waals surface area contributed by atoms with Crippen molar-refractivity contribution in [1.29, 1.82) is 0 Å². The van der Waals surface area contributed by atoms with Crippen LogP contribution < -0.4 is 5.32 Å². The summed E-state index contributed by atoms with van der Waals surface area (Å²) in [5, 5.41) is 14.6. The van der Waals surface area contributed by atoms with E-state index in [1.54, 1.807) is 6.92 Å². The Morgan fingerprint density at radius 2 is 1.97 bits per heavy atom. The van der Waals surface area contributed by atoms with Crippen molar-refractivity contribution in [2.75, 3.05) is 6.54 Å². The first-order chi connectivity index (χ1) is 17.4. The molecule has 0 aromatic heterocycles. The number of hydrogen-bond donors (Lipinski definition) is 2. The highest BCUT2D eigenvalue weighted by Gasteiger charge is 2.67. The molecule has 3 saturated carbocycles. The molecule has 11 atom stereocenters. The van der Waals surface area contributed by atoms with Gasteiger partial charge in [0, 0.05) is 39.2 Å². The molecule has 0 radical (unpaired) electrons. The Kier molecular flexibility index (Phi) is 7.09. The minimum Gasteiger partial charge on any atom is -0.462 e. The van der Waals surface area contributed by atoms with Crippen LogP contribution in [0.5, 0.6) is 0 Å². The smallest absolute Gasteiger partial charge is 0.302 e. The van der Waals surface area contributed by atoms with Crippen LogP contribution in [0.4, 0.5) is 0 Å². The van der Waals surface area contributed by atoms with Gasteiger partial charge in [0.25, 0.3) is 0 Å². The number of ether oxygens (including phenoxy) is 2. The zero-order valence-electron chi connectivity index (χ0n) is 23.8. The number of esters is 1. The lowest BCUT2D eigenvalue weighted by Crippen LogP contribution is -2.52. The van der Waals surface area contributed by atoms with E-state index in [4.69, 9.17) is 9.47 Å². The SMILES string of the molecule is CC(=O)NC[C@H](C)CC[C@]1(O)O[C@@H]2C[C@H]3[C@@H]4CC=C5C[C@@H](OC(C)=O)CC[C@]5(C)[C@@H]4CC[C@]3(C)[C@H]2[C@@H]1C. The second kappa shape index (κ2) is 9.66. The van der Waals surface area contributed by atoms with Gasteiger partial charge in [0.05, 0.1) is 6.10 Å². The first-order valence-electron chi connectivity index (χ1n) is 14.9. The first-order valence-corrected chi connectivity index (χ1v) is 14.9. The Morgan fingerprint density at radius 3 is 2.68 bits per heavy atom. The summed E-state index contributed by atoms with van der Waals surface area (Å²) < 4.78 is 12.2. The molecular formula is C31H49NO5. The average molecular weight is 516 g/mol. The van der Waals surface area contributed by atoms with Crippen molar-refractivity contribution in [1.82, 2.24) is 5.32 Å². The quantitative estimate of drug-likeness (QED) is 0.366. The van der Waals surface area contributed by atoms with Gasteiger partial charge in [-0.2, -0.15) is 0 Å². The third-order valence-electron chi connectivity index (χ3n) is 11.8. The highest BCUT2D eigenvalue weighted by Crippen LogP contribution is 2.70. The average Bonchev–Trinajstić information content (AvgIpc) is 3.26. The minimum absolute atomic E-state index is 0.00359. The largest absolute Gasteiger partial charge is 0.462 e. The number of amides is 1. The fourth-order valence-corrected chi connectivity index (χ4v) is 9.81. The monoisotopic (exact) mass is 515 g/mol. The van der Waals surface area contributed by atoms with Gasteiger partial charge in [-0.1, -0.05) is 39.3 Å². The van der Waals surface area contributed by atoms with E-state index in [1.807, 2.05) is 0 Å². The number of hydrogen-bond acceptors (Lipinski definition) is 5. The predicted octanol–water partition coefficient (Wildman–Crippen LogP) is 5.38. The van der Waals surface area contributed by atoms with Gasteiger partial charge in [0.1, 0.15) is 6.10 Å². The number of carbonyl (C=O) groups is 2. The molecule has 0 spiro atoms. The summed E-state index contributed by atoms with van der Waals surface area (Å²) in [7, 11) is 0. The Bertz CT molecular complexity index is 948. The van der Waals surface area contributed by atoms with E-state index in [2.05, 4.69) is 39.1 Å². The molecule has 208 valence electrons. The number of nitrogens with one attached hydrogen (secondary N) is 1. The van der Waals surface area contributed by atoms with E-state index < -0.39 is 5.79 Å². The summed E-state index contributed by atoms with van der Waals surface area (Å²) in [5.41, 5.74) is 1.95. The highest BCUT2D eigenvalue weighted by molar-refractivity contribution is 5.72. The molecule has 0 aromatic carbocycles. The molecule has 6 heteroatoms. The van der Waals surface area contributed by atoms with E-state index in [0.717, 1.165) is 38.5 Å². The number of fused-ring (bicyclic) bond motifs is 7. The Hall–Kier alpha value is -1.40. The van der Waals surface area contributed by atoms with Crippen molar-refractivity contribution in [2.45, 2.75) is 117 Å². The molecule has 37 heavy (non-hydrogen) atoms. The zero-order chi connectivity index (χ0) is 26.8. The first kappa shape index (κ1) is 27.2. The maximum absolute atomic E-state index is 11.7. The van der Waals surface area contributed by atoms with Crippen LogP contribution in [0.15, 0.2) is 11.6 Å². The molecule has 0 bridgehead atoms. The molecule has 1 amide bonds. The number of allylic oxidation sites excluding steroid dienone is 1. The van der Waals surface area contributed by atoms with Gasteiger partial charge in [-0.05, 0) is 85.4 Å². The summed E-state index contributed by atoms with van der Waals surface area (Å²) in [6.07, 6.45) is 11.8. The van der Waals surface area contributed by atoms with Gasteiger partial charge in [-0.3, -0.25) is 9.59 Å². The summed E-state index contributed by atoms with van der Waals surface area (Å²) in [4.78, 5) is 22.8. The van der Waals surface area contributed by atoms with E-state index in [1.165, 1.54) is 25.3 Å². The van der Waals surface area contributed by atoms with Crippen LogP contribution in [0.25, 0.3) is 0 Å². The maximum atomic E-state index is 11.7. The molecular weight excluding hydrogens is 466 g/mol. The molecule has 1 saturated heterocycles. The fraction of sp³-hybridized carbons (Fsp3) is 0.871. The van der Waals surface area contributed by atoms with Gasteiger partial charge >= 0.3 is 5.97 Å². The lowest BCUT2D eigenvalue weighted by molar-refractivity contribution is -0.220. The van der Waals surface area contributed by atoms with Gasteiger partial charge in [-0.15, -0.1) is 0 Å². The summed E-state index contributed by atoms with van der Waals surface area (Å²) in [6.45, 7) is 13.1. The highest BCUT2D eigenvalue weighted by atomic mass is 16.6. The number of rotatable bonds is 6. The molecule has 5 rings (SSSR count). The Morgan fingerprint density at radius 1 is 1.22 bits per heavy atom. The number of aliphatic hydroxyl groups is 1. The van der Waals surface area contributed by atoms with Gasteiger partial charge in [-0.25, -0.2) is 0 Å². The molecule has 2 N–H and O–H groups in total. The summed E-state index contributed by atoms with van der Waals surface area (Å²) in [5.74, 6) is 1.58. The van der Waals surface area contributed by atoms with Crippen LogP contribution in [0.1, 0.15) is 99.3 Å². The molecule has 1 aliphatic heterocycles. The third-order valence-corrected chi connectivity index (χ3v) is 11.8. The van der Waals surface area contributed by atoms with Crippen molar-refractivity contribution < 1.29 is 24.2 Å². The number of carbonyl (C=O) groups excluding carboxylic acids is 2. The van der Waals surface area contributed by atoms with Crippen molar-refractivity contribution in [3.63, 3.8) is 0 Å². The maximum Gasteiger partial charge on any atom is 0.302 e. The van der Waals surface area contributed by atoms with Gasteiger partial charge in [0.2, 0.25) is 5.91 Å². The van der Waals surface area contributed by atoms with Crippen LogP contribution in [-0.2, 0) is 19.1 Å². The lowest BCUT2D eigenvalue weighted by Gasteiger charge is -2.58. The van der Waals surface area contributed by atoms with Crippen molar-refractivity contribution in [3.8, 4) is 0 Å². The Labute approximate surface area is 223 Å². The molecule has 1 heterocycles. The lowest BCUT2D eigenvalue weighted by atomic mass is 9.47. The molecule has 4 fully saturated rings. The van der Waals surface area contributed by atoms with Crippen molar-refractivity contribution in [2.24, 2.45) is 46.3 Å². The van der Waals surface area contributed by atoms with E-state index in [9.17, 15) is 14.7 Å². The van der Waals surface area contributed by atoms with E-state index >= 15 is 0 Å². The van der Waals surface area contributed by atoms with Crippen LogP contribution in [0.3, 0.4) is 0 Å².